The van der Waals surface area contributed by atoms with Crippen LogP contribution in [0.2, 0.25) is 0 Å². The van der Waals surface area contributed by atoms with E-state index in [9.17, 15) is 13.2 Å². The van der Waals surface area contributed by atoms with Gasteiger partial charge in [-0.1, -0.05) is 18.2 Å². The number of benzene rings is 1. The Bertz CT molecular complexity index is 371. The first-order valence-corrected chi connectivity index (χ1v) is 4.83. The molecule has 5 heteroatoms. The number of rotatable bonds is 2. The molecule has 0 atom stereocenters. The first-order valence-electron chi connectivity index (χ1n) is 4.20. The average molecular weight is 233 g/mol. The summed E-state index contributed by atoms with van der Waals surface area (Å²) in [5.74, 6) is 0.367. The summed E-state index contributed by atoms with van der Waals surface area (Å²) in [6.45, 7) is 0. The predicted molar refractivity (Wildman–Crippen MR) is 58.7 cm³/mol. The topological polar surface area (TPSA) is 26.0 Å². The average Bonchev–Trinajstić information content (AvgIpc) is 2.14. The minimum Gasteiger partial charge on any atom is -0.398 e. The molecule has 0 spiro atoms. The zero-order valence-electron chi connectivity index (χ0n) is 7.75. The number of anilines is 1. The van der Waals surface area contributed by atoms with Crippen molar-refractivity contribution in [3.63, 3.8) is 0 Å². The van der Waals surface area contributed by atoms with E-state index in [4.69, 9.17) is 5.73 Å². The molecular formula is C10H10F3NS. The number of thiol groups is 1. The Labute approximate surface area is 91.2 Å². The SMILES string of the molecule is Nc1cccc(C(F)(F)F)c1C=CCS. The van der Waals surface area contributed by atoms with Gasteiger partial charge in [0.1, 0.15) is 0 Å². The van der Waals surface area contributed by atoms with Crippen LogP contribution in [0.1, 0.15) is 11.1 Å². The van der Waals surface area contributed by atoms with Crippen LogP contribution >= 0.6 is 12.6 Å². The molecule has 15 heavy (non-hydrogen) atoms. The highest BCUT2D eigenvalue weighted by Crippen LogP contribution is 2.34. The van der Waals surface area contributed by atoms with Crippen molar-refractivity contribution in [3.05, 3.63) is 35.4 Å². The summed E-state index contributed by atoms with van der Waals surface area (Å²) in [7, 11) is 0. The van der Waals surface area contributed by atoms with Gasteiger partial charge in [0.05, 0.1) is 5.56 Å². The highest BCUT2D eigenvalue weighted by Gasteiger charge is 2.33. The van der Waals surface area contributed by atoms with E-state index in [0.717, 1.165) is 6.07 Å². The van der Waals surface area contributed by atoms with Crippen LogP contribution in [0.5, 0.6) is 0 Å². The third-order valence-electron chi connectivity index (χ3n) is 1.84. The zero-order valence-corrected chi connectivity index (χ0v) is 8.65. The minimum absolute atomic E-state index is 0.000880. The van der Waals surface area contributed by atoms with Gasteiger partial charge in [-0.3, -0.25) is 0 Å². The largest absolute Gasteiger partial charge is 0.417 e. The van der Waals surface area contributed by atoms with E-state index in [0.29, 0.717) is 5.75 Å². The Kier molecular flexibility index (Phi) is 3.68. The van der Waals surface area contributed by atoms with Crippen molar-refractivity contribution in [2.24, 2.45) is 0 Å². The van der Waals surface area contributed by atoms with Gasteiger partial charge >= 0.3 is 6.18 Å². The molecule has 0 saturated heterocycles. The fourth-order valence-electron chi connectivity index (χ4n) is 1.19. The Morgan fingerprint density at radius 3 is 2.53 bits per heavy atom. The van der Waals surface area contributed by atoms with Crippen molar-refractivity contribution in [2.75, 3.05) is 11.5 Å². The number of alkyl halides is 3. The fourth-order valence-corrected chi connectivity index (χ4v) is 1.29. The van der Waals surface area contributed by atoms with Crippen LogP contribution in [-0.2, 0) is 6.18 Å². The van der Waals surface area contributed by atoms with Gasteiger partial charge < -0.3 is 5.73 Å². The monoisotopic (exact) mass is 233 g/mol. The molecular weight excluding hydrogens is 223 g/mol. The van der Waals surface area contributed by atoms with Gasteiger partial charge in [-0.05, 0) is 12.1 Å². The molecule has 1 rings (SSSR count). The molecule has 1 aromatic carbocycles. The van der Waals surface area contributed by atoms with Crippen LogP contribution in [0.3, 0.4) is 0 Å². The first-order chi connectivity index (χ1) is 6.96. The molecule has 0 heterocycles. The number of hydrogen-bond donors (Lipinski definition) is 2. The zero-order chi connectivity index (χ0) is 11.5. The van der Waals surface area contributed by atoms with E-state index in [2.05, 4.69) is 12.6 Å². The second kappa shape index (κ2) is 4.61. The van der Waals surface area contributed by atoms with Crippen LogP contribution in [-0.4, -0.2) is 5.75 Å². The van der Waals surface area contributed by atoms with Gasteiger partial charge in [0, 0.05) is 17.0 Å². The van der Waals surface area contributed by atoms with E-state index in [-0.39, 0.29) is 11.3 Å². The van der Waals surface area contributed by atoms with Crippen molar-refractivity contribution < 1.29 is 13.2 Å². The maximum Gasteiger partial charge on any atom is 0.417 e. The summed E-state index contributed by atoms with van der Waals surface area (Å²) in [4.78, 5) is 0. The van der Waals surface area contributed by atoms with Crippen molar-refractivity contribution in [3.8, 4) is 0 Å². The van der Waals surface area contributed by atoms with Gasteiger partial charge in [0.25, 0.3) is 0 Å². The van der Waals surface area contributed by atoms with E-state index in [1.54, 1.807) is 0 Å². The molecule has 1 nitrogen and oxygen atoms in total. The maximum absolute atomic E-state index is 12.5. The second-order valence-electron chi connectivity index (χ2n) is 2.89. The molecule has 82 valence electrons. The molecule has 0 radical (unpaired) electrons. The fraction of sp³-hybridized carbons (Fsp3) is 0.200. The van der Waals surface area contributed by atoms with Gasteiger partial charge in [0.2, 0.25) is 0 Å². The molecule has 0 aliphatic rings. The lowest BCUT2D eigenvalue weighted by molar-refractivity contribution is -0.137. The summed E-state index contributed by atoms with van der Waals surface area (Å²) in [6.07, 6.45) is -1.53. The minimum atomic E-state index is -4.38. The molecule has 2 N–H and O–H groups in total. The van der Waals surface area contributed by atoms with Gasteiger partial charge in [-0.25, -0.2) is 0 Å². The predicted octanol–water partition coefficient (Wildman–Crippen LogP) is 3.23. The standard InChI is InChI=1S/C10H10F3NS/c11-10(12,13)8-4-1-5-9(14)7(8)3-2-6-15/h1-5,15H,6,14H2. The molecule has 0 unspecified atom stereocenters. The summed E-state index contributed by atoms with van der Waals surface area (Å²) < 4.78 is 37.6. The molecule has 0 saturated carbocycles. The van der Waals surface area contributed by atoms with Crippen molar-refractivity contribution >= 4 is 24.4 Å². The molecule has 1 aromatic rings. The molecule has 0 bridgehead atoms. The Morgan fingerprint density at radius 2 is 2.00 bits per heavy atom. The third kappa shape index (κ3) is 2.92. The normalized spacial score (nSPS) is 12.3. The highest BCUT2D eigenvalue weighted by atomic mass is 32.1. The Morgan fingerprint density at radius 1 is 1.33 bits per heavy atom. The summed E-state index contributed by atoms with van der Waals surface area (Å²) >= 11 is 3.88. The van der Waals surface area contributed by atoms with Crippen LogP contribution in [0.25, 0.3) is 6.08 Å². The smallest absolute Gasteiger partial charge is 0.398 e. The molecule has 0 amide bonds. The highest BCUT2D eigenvalue weighted by molar-refractivity contribution is 7.80. The number of nitrogens with two attached hydrogens (primary N) is 1. The van der Waals surface area contributed by atoms with Crippen LogP contribution in [0.4, 0.5) is 18.9 Å². The van der Waals surface area contributed by atoms with Crippen molar-refractivity contribution in [1.29, 1.82) is 0 Å². The van der Waals surface area contributed by atoms with Crippen LogP contribution in [0, 0.1) is 0 Å². The lowest BCUT2D eigenvalue weighted by Gasteiger charge is -2.11. The number of halogens is 3. The Hall–Kier alpha value is -1.10. The molecule has 0 fully saturated rings. The summed E-state index contributed by atoms with van der Waals surface area (Å²) in [5.41, 5.74) is 4.87. The first kappa shape index (κ1) is 12.0. The van der Waals surface area contributed by atoms with Gasteiger partial charge in [0.15, 0.2) is 0 Å². The van der Waals surface area contributed by atoms with Crippen molar-refractivity contribution in [1.82, 2.24) is 0 Å². The van der Waals surface area contributed by atoms with Gasteiger partial charge in [-0.2, -0.15) is 25.8 Å². The van der Waals surface area contributed by atoms with E-state index >= 15 is 0 Å². The van der Waals surface area contributed by atoms with Gasteiger partial charge in [-0.15, -0.1) is 0 Å². The summed E-state index contributed by atoms with van der Waals surface area (Å²) in [6, 6.07) is 3.73. The quantitative estimate of drug-likeness (QED) is 0.595. The third-order valence-corrected chi connectivity index (χ3v) is 2.05. The maximum atomic E-state index is 12.5. The lowest BCUT2D eigenvalue weighted by Crippen LogP contribution is -2.08. The van der Waals surface area contributed by atoms with E-state index in [1.165, 1.54) is 24.3 Å². The Balaban J connectivity index is 3.27. The summed E-state index contributed by atoms with van der Waals surface area (Å²) in [5, 5.41) is 0. The number of hydrogen-bond acceptors (Lipinski definition) is 2. The van der Waals surface area contributed by atoms with Crippen LogP contribution < -0.4 is 5.73 Å². The number of nitrogen functional groups attached to an aromatic ring is 1. The lowest BCUT2D eigenvalue weighted by atomic mass is 10.0. The molecule has 0 aliphatic heterocycles. The van der Waals surface area contributed by atoms with E-state index < -0.39 is 11.7 Å². The van der Waals surface area contributed by atoms with Crippen molar-refractivity contribution in [2.45, 2.75) is 6.18 Å². The molecule has 0 aliphatic carbocycles. The molecule has 0 aromatic heterocycles. The van der Waals surface area contributed by atoms with Crippen LogP contribution in [0.15, 0.2) is 24.3 Å². The van der Waals surface area contributed by atoms with E-state index in [1.807, 2.05) is 0 Å². The second-order valence-corrected chi connectivity index (χ2v) is 3.26.